The summed E-state index contributed by atoms with van der Waals surface area (Å²) < 4.78 is 13.1. The van der Waals surface area contributed by atoms with Crippen LogP contribution in [-0.2, 0) is 6.42 Å². The number of aryl methyl sites for hydroxylation is 1. The molecule has 0 unspecified atom stereocenters. The molecule has 0 spiro atoms. The van der Waals surface area contributed by atoms with Crippen LogP contribution in [0.15, 0.2) is 180 Å². The highest BCUT2D eigenvalue weighted by molar-refractivity contribution is 6.08. The molecule has 0 saturated heterocycles. The maximum Gasteiger partial charge on any atom is 0.160 e. The lowest BCUT2D eigenvalue weighted by Gasteiger charge is -2.15. The summed E-state index contributed by atoms with van der Waals surface area (Å²) in [6, 6.07) is 52.9. The molecule has 6 aromatic carbocycles. The first-order valence-corrected chi connectivity index (χ1v) is 20.7. The summed E-state index contributed by atoms with van der Waals surface area (Å²) in [6.07, 6.45) is 13.7. The molecule has 3 aromatic heterocycles. The quantitative estimate of drug-likeness (QED) is 0.168. The highest BCUT2D eigenvalue weighted by Crippen LogP contribution is 2.51. The van der Waals surface area contributed by atoms with E-state index in [9.17, 15) is 0 Å². The summed E-state index contributed by atoms with van der Waals surface area (Å²) in [4.78, 5) is 15.4. The van der Waals surface area contributed by atoms with Crippen molar-refractivity contribution in [3.63, 3.8) is 0 Å². The second kappa shape index (κ2) is 14.0. The lowest BCUT2D eigenvalue weighted by atomic mass is 9.88. The van der Waals surface area contributed by atoms with Crippen LogP contribution in [0.5, 0.6) is 5.75 Å². The maximum atomic E-state index is 6.88. The zero-order chi connectivity index (χ0) is 39.6. The van der Waals surface area contributed by atoms with Crippen LogP contribution in [0.25, 0.3) is 101 Å². The summed E-state index contributed by atoms with van der Waals surface area (Å²) in [6.45, 7) is 0. The van der Waals surface area contributed by atoms with Crippen LogP contribution in [0, 0.1) is 0 Å². The van der Waals surface area contributed by atoms with Crippen molar-refractivity contribution in [2.75, 3.05) is 0 Å². The van der Waals surface area contributed by atoms with Crippen molar-refractivity contribution in [1.29, 1.82) is 0 Å². The summed E-state index contributed by atoms with van der Waals surface area (Å²) in [7, 11) is 0. The molecule has 0 radical (unpaired) electrons. The van der Waals surface area contributed by atoms with Crippen molar-refractivity contribution < 1.29 is 9.15 Å². The van der Waals surface area contributed by atoms with Crippen molar-refractivity contribution >= 4 is 33.5 Å². The molecule has 60 heavy (non-hydrogen) atoms. The van der Waals surface area contributed by atoms with Crippen LogP contribution in [0.2, 0.25) is 0 Å². The summed E-state index contributed by atoms with van der Waals surface area (Å²) in [5, 5.41) is 2.34. The van der Waals surface area contributed by atoms with Crippen molar-refractivity contribution in [2.45, 2.75) is 25.4 Å². The Labute approximate surface area is 347 Å². The Bertz CT molecular complexity index is 3170. The first kappa shape index (κ1) is 34.4. The molecule has 1 aliphatic heterocycles. The lowest BCUT2D eigenvalue weighted by Crippen LogP contribution is -2.12. The second-order valence-electron chi connectivity index (χ2n) is 15.7. The van der Waals surface area contributed by atoms with Crippen LogP contribution in [0.1, 0.15) is 29.7 Å². The first-order chi connectivity index (χ1) is 29.7. The molecule has 4 heterocycles. The van der Waals surface area contributed by atoms with Gasteiger partial charge < -0.3 is 9.15 Å². The van der Waals surface area contributed by atoms with Crippen LogP contribution >= 0.6 is 0 Å². The SMILES string of the molecule is C1=CC[C@H]2Oc3c(-c4ccc(-c5cc(-c6ccccc6)nc(-c6ccccc6)n5)cc4)nc4cccc(-c5ccc(-c6cccc7oc8c(c67)CCC=C8)cc5)c4c3C2=C1. The highest BCUT2D eigenvalue weighted by Gasteiger charge is 2.35. The van der Waals surface area contributed by atoms with Gasteiger partial charge in [-0.15, -0.1) is 0 Å². The van der Waals surface area contributed by atoms with E-state index in [2.05, 4.69) is 146 Å². The molecule has 0 saturated carbocycles. The number of benzene rings is 6. The highest BCUT2D eigenvalue weighted by atomic mass is 16.5. The molecule has 0 bridgehead atoms. The molecule has 9 aromatic rings. The molecule has 2 aliphatic carbocycles. The normalized spacial score (nSPS) is 15.1. The number of hydrogen-bond donors (Lipinski definition) is 0. The van der Waals surface area contributed by atoms with E-state index in [1.807, 2.05) is 36.4 Å². The molecule has 284 valence electrons. The fourth-order valence-corrected chi connectivity index (χ4v) is 9.20. The van der Waals surface area contributed by atoms with E-state index >= 15 is 0 Å². The van der Waals surface area contributed by atoms with E-state index < -0.39 is 0 Å². The van der Waals surface area contributed by atoms with E-state index in [0.717, 1.165) is 103 Å². The van der Waals surface area contributed by atoms with E-state index in [4.69, 9.17) is 24.1 Å². The molecular formula is C55H37N3O2. The molecular weight excluding hydrogens is 735 g/mol. The number of rotatable bonds is 6. The van der Waals surface area contributed by atoms with Crippen LogP contribution < -0.4 is 4.74 Å². The van der Waals surface area contributed by atoms with Crippen LogP contribution in [0.3, 0.4) is 0 Å². The second-order valence-corrected chi connectivity index (χ2v) is 15.7. The average Bonchev–Trinajstić information content (AvgIpc) is 3.91. The maximum absolute atomic E-state index is 6.88. The van der Waals surface area contributed by atoms with Gasteiger partial charge in [-0.1, -0.05) is 158 Å². The standard InChI is InChI=1S/C55H37N3O2/c1-3-13-36(14-4-1)45-33-46(58-55(57-45)39-15-5-2-6-16-39)37-29-31-38(32-30-37)53-54-52(43-18-8-10-23-48(43)60-54)51-41(19-11-21-44(51)56-53)35-27-25-34(26-28-35)40-20-12-24-49-50(40)42-17-7-9-22-47(42)59-49/h1-6,8-16,18-22,24-33,48H,7,17,23H2/t48-/m1/s1. The van der Waals surface area contributed by atoms with E-state index in [1.54, 1.807) is 0 Å². The molecule has 0 N–H and O–H groups in total. The van der Waals surface area contributed by atoms with E-state index in [1.165, 1.54) is 27.6 Å². The van der Waals surface area contributed by atoms with Gasteiger partial charge in [0.2, 0.25) is 0 Å². The molecule has 0 fully saturated rings. The molecule has 12 rings (SSSR count). The largest absolute Gasteiger partial charge is 0.482 e. The van der Waals surface area contributed by atoms with Gasteiger partial charge in [-0.2, -0.15) is 0 Å². The third-order valence-electron chi connectivity index (χ3n) is 12.1. The third kappa shape index (κ3) is 5.73. The summed E-state index contributed by atoms with van der Waals surface area (Å²) in [5.41, 5.74) is 16.8. The molecule has 5 nitrogen and oxygen atoms in total. The van der Waals surface area contributed by atoms with Gasteiger partial charge >= 0.3 is 0 Å². The fourth-order valence-electron chi connectivity index (χ4n) is 9.20. The lowest BCUT2D eigenvalue weighted by molar-refractivity contribution is 0.279. The van der Waals surface area contributed by atoms with Crippen molar-refractivity contribution in [2.24, 2.45) is 0 Å². The predicted molar refractivity (Wildman–Crippen MR) is 243 cm³/mol. The Morgan fingerprint density at radius 3 is 1.95 bits per heavy atom. The van der Waals surface area contributed by atoms with Crippen molar-refractivity contribution in [3.8, 4) is 73.2 Å². The summed E-state index contributed by atoms with van der Waals surface area (Å²) in [5.74, 6) is 2.52. The Balaban J connectivity index is 0.954. The minimum absolute atomic E-state index is 0.0593. The third-order valence-corrected chi connectivity index (χ3v) is 12.1. The predicted octanol–water partition coefficient (Wildman–Crippen LogP) is 13.8. The Morgan fingerprint density at radius 1 is 0.550 bits per heavy atom. The molecule has 1 atom stereocenters. The monoisotopic (exact) mass is 771 g/mol. The minimum atomic E-state index is -0.0593. The van der Waals surface area contributed by atoms with Crippen LogP contribution in [-0.4, -0.2) is 21.1 Å². The van der Waals surface area contributed by atoms with Gasteiger partial charge in [0.25, 0.3) is 0 Å². The Hall–Kier alpha value is -7.63. The first-order valence-electron chi connectivity index (χ1n) is 20.7. The number of nitrogens with zero attached hydrogens (tertiary/aromatic N) is 3. The topological polar surface area (TPSA) is 61.0 Å². The van der Waals surface area contributed by atoms with Gasteiger partial charge in [0.1, 0.15) is 23.1 Å². The number of hydrogen-bond acceptors (Lipinski definition) is 5. The number of aromatic nitrogens is 3. The van der Waals surface area contributed by atoms with E-state index in [-0.39, 0.29) is 6.10 Å². The van der Waals surface area contributed by atoms with Gasteiger partial charge in [0.05, 0.1) is 16.9 Å². The summed E-state index contributed by atoms with van der Waals surface area (Å²) >= 11 is 0. The zero-order valence-electron chi connectivity index (χ0n) is 32.7. The Kier molecular flexibility index (Phi) is 8.05. The number of fused-ring (bicyclic) bond motifs is 8. The van der Waals surface area contributed by atoms with Gasteiger partial charge in [-0.05, 0) is 59.4 Å². The molecule has 0 amide bonds. The fraction of sp³-hybridized carbons (Fsp3) is 0.0727. The average molecular weight is 772 g/mol. The zero-order valence-corrected chi connectivity index (χ0v) is 32.7. The minimum Gasteiger partial charge on any atom is -0.482 e. The van der Waals surface area contributed by atoms with Gasteiger partial charge in [0.15, 0.2) is 11.6 Å². The smallest absolute Gasteiger partial charge is 0.160 e. The number of pyridine rings is 1. The number of ether oxygens (including phenoxy) is 1. The van der Waals surface area contributed by atoms with Crippen LogP contribution in [0.4, 0.5) is 0 Å². The molecule has 3 aliphatic rings. The van der Waals surface area contributed by atoms with Crippen molar-refractivity contribution in [3.05, 3.63) is 193 Å². The number of allylic oxidation sites excluding steroid dienone is 3. The van der Waals surface area contributed by atoms with Gasteiger partial charge in [-0.25, -0.2) is 15.0 Å². The number of furan rings is 1. The Morgan fingerprint density at radius 2 is 1.20 bits per heavy atom. The van der Waals surface area contributed by atoms with E-state index in [0.29, 0.717) is 5.82 Å². The molecule has 5 heteroatoms. The van der Waals surface area contributed by atoms with Crippen molar-refractivity contribution in [1.82, 2.24) is 15.0 Å². The van der Waals surface area contributed by atoms with Gasteiger partial charge in [0, 0.05) is 56.1 Å². The van der Waals surface area contributed by atoms with Gasteiger partial charge in [-0.3, -0.25) is 0 Å².